The van der Waals surface area contributed by atoms with Crippen LogP contribution < -0.4 is 10.1 Å². The van der Waals surface area contributed by atoms with E-state index in [1.54, 1.807) is 24.3 Å². The molecule has 0 saturated carbocycles. The number of benzene rings is 1. The molecule has 0 unspecified atom stereocenters. The minimum Gasteiger partial charge on any atom is -0.495 e. The molecule has 0 aliphatic carbocycles. The molecule has 1 heterocycles. The fourth-order valence-corrected chi connectivity index (χ4v) is 1.82. The minimum atomic E-state index is -0.336. The number of rotatable bonds is 3. The Bertz CT molecular complexity index is 600. The number of hydrogen-bond donors (Lipinski definition) is 1. The maximum atomic E-state index is 12.1. The Balaban J connectivity index is 2.25. The zero-order chi connectivity index (χ0) is 14.0. The lowest BCUT2D eigenvalue weighted by Gasteiger charge is -2.09. The second-order valence-corrected chi connectivity index (χ2v) is 4.59. The normalized spacial score (nSPS) is 10.3. The van der Waals surface area contributed by atoms with Crippen LogP contribution in [0.1, 0.15) is 21.9 Å². The second kappa shape index (κ2) is 5.36. The summed E-state index contributed by atoms with van der Waals surface area (Å²) in [4.78, 5) is 12.1. The van der Waals surface area contributed by atoms with Gasteiger partial charge in [-0.15, -0.1) is 0 Å². The minimum absolute atomic E-state index is 0.261. The van der Waals surface area contributed by atoms with Crippen molar-refractivity contribution in [3.05, 3.63) is 46.4 Å². The van der Waals surface area contributed by atoms with Crippen molar-refractivity contribution in [3.63, 3.8) is 0 Å². The summed E-state index contributed by atoms with van der Waals surface area (Å²) in [6.45, 7) is 3.70. The van der Waals surface area contributed by atoms with Crippen molar-refractivity contribution in [2.75, 3.05) is 12.4 Å². The van der Waals surface area contributed by atoms with Gasteiger partial charge in [-0.3, -0.25) is 4.79 Å². The van der Waals surface area contributed by atoms with Crippen LogP contribution in [-0.2, 0) is 0 Å². The molecule has 0 atom stereocenters. The lowest BCUT2D eigenvalue weighted by molar-refractivity contribution is 0.0995. The number of carbonyl (C=O) groups excluding carboxylic acids is 1. The smallest absolute Gasteiger partial charge is 0.291 e. The first kappa shape index (κ1) is 13.5. The maximum Gasteiger partial charge on any atom is 0.291 e. The Labute approximate surface area is 116 Å². The number of carbonyl (C=O) groups is 1. The van der Waals surface area contributed by atoms with Gasteiger partial charge in [-0.2, -0.15) is 0 Å². The van der Waals surface area contributed by atoms with Gasteiger partial charge in [0.15, 0.2) is 5.76 Å². The average Bonchev–Trinajstić information content (AvgIpc) is 2.70. The highest BCUT2D eigenvalue weighted by molar-refractivity contribution is 6.31. The molecule has 0 spiro atoms. The largest absolute Gasteiger partial charge is 0.495 e. The van der Waals surface area contributed by atoms with E-state index in [2.05, 4.69) is 5.32 Å². The Morgan fingerprint density at radius 2 is 2.05 bits per heavy atom. The van der Waals surface area contributed by atoms with Crippen molar-refractivity contribution in [1.29, 1.82) is 0 Å². The molecule has 0 radical (unpaired) electrons. The number of nitrogens with one attached hydrogen (secondary N) is 1. The molecule has 19 heavy (non-hydrogen) atoms. The maximum absolute atomic E-state index is 12.1. The number of hydrogen-bond acceptors (Lipinski definition) is 3. The van der Waals surface area contributed by atoms with E-state index in [1.165, 1.54) is 7.11 Å². The van der Waals surface area contributed by atoms with E-state index < -0.39 is 0 Å². The van der Waals surface area contributed by atoms with Crippen molar-refractivity contribution in [3.8, 4) is 5.75 Å². The van der Waals surface area contributed by atoms with Crippen molar-refractivity contribution >= 4 is 23.2 Å². The molecule has 1 aromatic carbocycles. The molecular formula is C14H14ClNO3. The zero-order valence-electron chi connectivity index (χ0n) is 10.9. The third-order valence-corrected chi connectivity index (χ3v) is 3.03. The Morgan fingerprint density at radius 1 is 1.32 bits per heavy atom. The van der Waals surface area contributed by atoms with Gasteiger partial charge in [0, 0.05) is 5.02 Å². The summed E-state index contributed by atoms with van der Waals surface area (Å²) in [6, 6.07) is 6.70. The molecule has 2 aromatic rings. The van der Waals surface area contributed by atoms with Crippen LogP contribution in [0.5, 0.6) is 5.75 Å². The van der Waals surface area contributed by atoms with Gasteiger partial charge in [-0.25, -0.2) is 0 Å². The molecule has 1 N–H and O–H groups in total. The molecule has 100 valence electrons. The van der Waals surface area contributed by atoms with E-state index in [9.17, 15) is 4.79 Å². The molecular weight excluding hydrogens is 266 g/mol. The summed E-state index contributed by atoms with van der Waals surface area (Å²) >= 11 is 5.90. The van der Waals surface area contributed by atoms with Crippen molar-refractivity contribution < 1.29 is 13.9 Å². The SMILES string of the molecule is COc1ccc(Cl)cc1NC(=O)c1cc(C)c(C)o1. The summed E-state index contributed by atoms with van der Waals surface area (Å²) in [5.74, 6) is 1.19. The third-order valence-electron chi connectivity index (χ3n) is 2.80. The Kier molecular flexibility index (Phi) is 3.81. The standard InChI is InChI=1S/C14H14ClNO3/c1-8-6-13(19-9(8)2)14(17)16-11-7-10(15)4-5-12(11)18-3/h4-7H,1-3H3,(H,16,17). The van der Waals surface area contributed by atoms with E-state index >= 15 is 0 Å². The molecule has 1 aromatic heterocycles. The summed E-state index contributed by atoms with van der Waals surface area (Å²) < 4.78 is 10.5. The summed E-state index contributed by atoms with van der Waals surface area (Å²) in [5, 5.41) is 3.23. The fourth-order valence-electron chi connectivity index (χ4n) is 1.65. The van der Waals surface area contributed by atoms with Crippen LogP contribution in [-0.4, -0.2) is 13.0 Å². The molecule has 5 heteroatoms. The van der Waals surface area contributed by atoms with E-state index in [1.807, 2.05) is 13.8 Å². The van der Waals surface area contributed by atoms with Crippen LogP contribution in [0.25, 0.3) is 0 Å². The number of amides is 1. The lowest BCUT2D eigenvalue weighted by atomic mass is 10.2. The number of anilines is 1. The monoisotopic (exact) mass is 279 g/mol. The molecule has 0 bridgehead atoms. The van der Waals surface area contributed by atoms with Gasteiger partial charge in [0.05, 0.1) is 12.8 Å². The first-order valence-corrected chi connectivity index (χ1v) is 6.11. The molecule has 1 amide bonds. The second-order valence-electron chi connectivity index (χ2n) is 4.15. The highest BCUT2D eigenvalue weighted by Gasteiger charge is 2.14. The van der Waals surface area contributed by atoms with Gasteiger partial charge in [0.1, 0.15) is 11.5 Å². The van der Waals surface area contributed by atoms with Crippen LogP contribution in [0.15, 0.2) is 28.7 Å². The predicted octanol–water partition coefficient (Wildman–Crippen LogP) is 3.81. The van der Waals surface area contributed by atoms with Crippen molar-refractivity contribution in [1.82, 2.24) is 0 Å². The molecule has 4 nitrogen and oxygen atoms in total. The van der Waals surface area contributed by atoms with Gasteiger partial charge in [-0.05, 0) is 43.7 Å². The van der Waals surface area contributed by atoms with E-state index in [0.29, 0.717) is 16.5 Å². The molecule has 0 aliphatic heterocycles. The van der Waals surface area contributed by atoms with Crippen LogP contribution in [0.2, 0.25) is 5.02 Å². The Hall–Kier alpha value is -1.94. The van der Waals surface area contributed by atoms with Gasteiger partial charge < -0.3 is 14.5 Å². The van der Waals surface area contributed by atoms with Crippen LogP contribution in [0.3, 0.4) is 0 Å². The summed E-state index contributed by atoms with van der Waals surface area (Å²) in [6.07, 6.45) is 0. The number of ether oxygens (including phenoxy) is 1. The highest BCUT2D eigenvalue weighted by Crippen LogP contribution is 2.28. The molecule has 2 rings (SSSR count). The van der Waals surface area contributed by atoms with Crippen molar-refractivity contribution in [2.45, 2.75) is 13.8 Å². The number of aryl methyl sites for hydroxylation is 2. The molecule has 0 aliphatic rings. The van der Waals surface area contributed by atoms with Gasteiger partial charge in [0.2, 0.25) is 0 Å². The van der Waals surface area contributed by atoms with Crippen LogP contribution in [0.4, 0.5) is 5.69 Å². The highest BCUT2D eigenvalue weighted by atomic mass is 35.5. The van der Waals surface area contributed by atoms with Gasteiger partial charge >= 0.3 is 0 Å². The quantitative estimate of drug-likeness (QED) is 0.929. The van der Waals surface area contributed by atoms with Gasteiger partial charge in [-0.1, -0.05) is 11.6 Å². The van der Waals surface area contributed by atoms with Gasteiger partial charge in [0.25, 0.3) is 5.91 Å². The first-order valence-electron chi connectivity index (χ1n) is 5.73. The Morgan fingerprint density at radius 3 is 2.63 bits per heavy atom. The van der Waals surface area contributed by atoms with E-state index in [4.69, 9.17) is 20.8 Å². The number of methoxy groups -OCH3 is 1. The molecule has 0 saturated heterocycles. The van der Waals surface area contributed by atoms with Crippen molar-refractivity contribution in [2.24, 2.45) is 0 Å². The fraction of sp³-hybridized carbons (Fsp3) is 0.214. The first-order chi connectivity index (χ1) is 9.01. The van der Waals surface area contributed by atoms with E-state index in [0.717, 1.165) is 11.3 Å². The summed E-state index contributed by atoms with van der Waals surface area (Å²) in [5.41, 5.74) is 1.44. The topological polar surface area (TPSA) is 51.5 Å². The average molecular weight is 280 g/mol. The number of furan rings is 1. The zero-order valence-corrected chi connectivity index (χ0v) is 11.7. The van der Waals surface area contributed by atoms with Crippen LogP contribution >= 0.6 is 11.6 Å². The molecule has 0 fully saturated rings. The lowest BCUT2D eigenvalue weighted by Crippen LogP contribution is -2.11. The third kappa shape index (κ3) is 2.90. The summed E-state index contributed by atoms with van der Waals surface area (Å²) in [7, 11) is 1.53. The van der Waals surface area contributed by atoms with E-state index in [-0.39, 0.29) is 11.7 Å². The predicted molar refractivity (Wildman–Crippen MR) is 74.1 cm³/mol. The number of halogens is 1. The van der Waals surface area contributed by atoms with Crippen LogP contribution in [0, 0.1) is 13.8 Å².